The lowest BCUT2D eigenvalue weighted by Crippen LogP contribution is -2.48. The average Bonchev–Trinajstić information content (AvgIpc) is 3.22. The first-order chi connectivity index (χ1) is 29.7. The number of hydrogen-bond donors (Lipinski definition) is 0. The smallest absolute Gasteiger partial charge is 0.383 e. The van der Waals surface area contributed by atoms with E-state index in [1.54, 1.807) is 24.3 Å². The molecular weight excluding hydrogens is 698 g/mol. The molecule has 0 saturated carbocycles. The van der Waals surface area contributed by atoms with Gasteiger partial charge in [-0.3, -0.25) is 9.59 Å². The van der Waals surface area contributed by atoms with E-state index in [4.69, 9.17) is 16.4 Å². The third kappa shape index (κ3) is 8.74. The lowest BCUT2D eigenvalue weighted by Gasteiger charge is -2.39. The molecule has 1 saturated heterocycles. The summed E-state index contributed by atoms with van der Waals surface area (Å²) in [7, 11) is -3.28. The van der Waals surface area contributed by atoms with Crippen LogP contribution < -0.4 is 5.43 Å². The van der Waals surface area contributed by atoms with Crippen LogP contribution in [0.2, 0.25) is 0 Å². The largest absolute Gasteiger partial charge is 0.416 e. The molecule has 0 bridgehead atoms. The molecule has 12 heteroatoms. The van der Waals surface area contributed by atoms with Crippen LogP contribution in [0, 0.1) is 11.6 Å². The highest BCUT2D eigenvalue weighted by molar-refractivity contribution is 7.98. The van der Waals surface area contributed by atoms with Crippen LogP contribution in [0.3, 0.4) is 0 Å². The molecule has 0 N–H and O–H groups in total. The van der Waals surface area contributed by atoms with Crippen molar-refractivity contribution in [2.24, 2.45) is 0 Å². The number of likely N-dealkylation sites (tertiary alicyclic amines) is 1. The summed E-state index contributed by atoms with van der Waals surface area (Å²) in [5, 5.41) is -0.903. The van der Waals surface area contributed by atoms with Crippen molar-refractivity contribution in [3.8, 4) is 11.1 Å². The SMILES string of the molecule is [2H]c1c([2H])c([2H])c2c(c1[2H])c(=O)c([2H])c(SCc1cccc(F)c1F)n2CC(=O)N(Cc1ccc(-c2ccc(C(F)(F)F)cc2)cc1)C1CCN(C([2H])([2H])C([2H])([2H])OC([2H])([2H])[2H])CC1. The monoisotopic (exact) mass is 747 g/mol. The second-order valence-corrected chi connectivity index (χ2v) is 12.9. The highest BCUT2D eigenvalue weighted by Crippen LogP contribution is 2.32. The average molecular weight is 748 g/mol. The number of ether oxygens (including phenoxy) is 1. The van der Waals surface area contributed by atoms with Crippen molar-refractivity contribution in [3.05, 3.63) is 135 Å². The van der Waals surface area contributed by atoms with E-state index >= 15 is 0 Å². The lowest BCUT2D eigenvalue weighted by atomic mass is 10.00. The van der Waals surface area contributed by atoms with E-state index in [2.05, 4.69) is 4.74 Å². The van der Waals surface area contributed by atoms with Crippen molar-refractivity contribution in [1.82, 2.24) is 14.4 Å². The van der Waals surface area contributed by atoms with Gasteiger partial charge in [-0.2, -0.15) is 13.2 Å². The number of carbonyl (C=O) groups excluding carboxylic acids is 1. The molecule has 2 heterocycles. The Morgan fingerprint density at radius 1 is 1.02 bits per heavy atom. The third-order valence-corrected chi connectivity index (χ3v) is 9.70. The first-order valence-corrected chi connectivity index (χ1v) is 16.9. The van der Waals surface area contributed by atoms with Crippen molar-refractivity contribution in [3.63, 3.8) is 0 Å². The zero-order valence-corrected chi connectivity index (χ0v) is 28.1. The van der Waals surface area contributed by atoms with Crippen LogP contribution in [0.4, 0.5) is 22.0 Å². The van der Waals surface area contributed by atoms with Crippen LogP contribution in [-0.2, 0) is 34.6 Å². The summed E-state index contributed by atoms with van der Waals surface area (Å²) in [5.74, 6) is -3.51. The van der Waals surface area contributed by atoms with Crippen molar-refractivity contribution in [2.75, 3.05) is 33.2 Å². The molecule has 1 aliphatic heterocycles. The highest BCUT2D eigenvalue weighted by Gasteiger charge is 2.31. The molecule has 0 unspecified atom stereocenters. The molecule has 6 nitrogen and oxygen atoms in total. The van der Waals surface area contributed by atoms with Gasteiger partial charge in [0.2, 0.25) is 5.91 Å². The fraction of sp³-hybridized carbons (Fsp3) is 0.300. The lowest BCUT2D eigenvalue weighted by molar-refractivity contribution is -0.137. The van der Waals surface area contributed by atoms with Crippen molar-refractivity contribution >= 4 is 28.6 Å². The molecule has 6 rings (SSSR count). The van der Waals surface area contributed by atoms with Crippen LogP contribution >= 0.6 is 11.8 Å². The van der Waals surface area contributed by atoms with Gasteiger partial charge < -0.3 is 19.1 Å². The number of benzene rings is 4. The summed E-state index contributed by atoms with van der Waals surface area (Å²) in [6, 6.07) is 9.71. The predicted molar refractivity (Wildman–Crippen MR) is 193 cm³/mol. The Morgan fingerprint density at radius 2 is 1.71 bits per heavy atom. The van der Waals surface area contributed by atoms with Crippen LogP contribution in [0.5, 0.6) is 0 Å². The van der Waals surface area contributed by atoms with E-state index < -0.39 is 109 Å². The van der Waals surface area contributed by atoms with E-state index in [0.29, 0.717) is 28.5 Å². The number of aromatic nitrogens is 1. The maximum Gasteiger partial charge on any atom is 0.416 e. The second-order valence-electron chi connectivity index (χ2n) is 11.9. The Balaban J connectivity index is 1.40. The Labute approximate surface area is 319 Å². The molecular formula is C40H38F5N3O3S. The summed E-state index contributed by atoms with van der Waals surface area (Å²) in [6.07, 6.45) is -4.59. The number of pyridine rings is 1. The maximum atomic E-state index is 14.9. The number of methoxy groups -OCH3 is 1. The number of carbonyl (C=O) groups is 1. The number of hydrogen-bond acceptors (Lipinski definition) is 5. The zero-order valence-electron chi connectivity index (χ0n) is 39.2. The van der Waals surface area contributed by atoms with Crippen LogP contribution in [0.25, 0.3) is 22.0 Å². The summed E-state index contributed by atoms with van der Waals surface area (Å²) in [4.78, 5) is 30.9. The van der Waals surface area contributed by atoms with Gasteiger partial charge in [0, 0.05) is 64.7 Å². The molecule has 0 spiro atoms. The minimum Gasteiger partial charge on any atom is -0.383 e. The number of fused-ring (bicyclic) bond motifs is 1. The molecule has 5 aromatic rings. The normalized spacial score (nSPS) is 18.3. The van der Waals surface area contributed by atoms with Gasteiger partial charge in [0.05, 0.1) is 36.4 Å². The molecule has 1 fully saturated rings. The van der Waals surface area contributed by atoms with E-state index in [-0.39, 0.29) is 48.8 Å². The maximum absolute atomic E-state index is 14.9. The Morgan fingerprint density at radius 3 is 2.40 bits per heavy atom. The minimum atomic E-state index is -4.54. The molecule has 0 aliphatic carbocycles. The number of alkyl halides is 3. The van der Waals surface area contributed by atoms with Gasteiger partial charge in [-0.1, -0.05) is 60.6 Å². The van der Waals surface area contributed by atoms with Gasteiger partial charge in [0.1, 0.15) is 6.54 Å². The highest BCUT2D eigenvalue weighted by atomic mass is 32.2. The fourth-order valence-corrected chi connectivity index (χ4v) is 6.94. The van der Waals surface area contributed by atoms with Crippen LogP contribution in [0.15, 0.2) is 107 Å². The van der Waals surface area contributed by atoms with Gasteiger partial charge in [-0.25, -0.2) is 8.78 Å². The van der Waals surface area contributed by atoms with E-state index in [0.717, 1.165) is 27.7 Å². The van der Waals surface area contributed by atoms with Crippen LogP contribution in [-0.4, -0.2) is 59.5 Å². The summed E-state index contributed by atoms with van der Waals surface area (Å²) in [5.41, 5.74) is -1.08. The first-order valence-electron chi connectivity index (χ1n) is 21.9. The number of halogens is 5. The number of nitrogens with zero attached hydrogens (tertiary/aromatic N) is 3. The second kappa shape index (κ2) is 16.4. The Bertz CT molecular complexity index is 2630. The van der Waals surface area contributed by atoms with E-state index in [1.165, 1.54) is 29.2 Å². The standard InChI is InChI=1S/C40H38F5N3O3S/c1-51-22-21-46-19-17-32(18-20-46)47(24-27-9-11-28(12-10-27)29-13-15-31(16-14-29)40(43,44)45)37(50)25-48-35-8-3-2-6-33(35)36(49)23-38(48)52-26-30-5-4-7-34(41)39(30)42/h2-16,23,32H,17-22,24-26H2,1H3/i1D3,2D,3D,6D,8D,21D2,22D2,23D. The Kier molecular flexibility index (Phi) is 7.80. The minimum absolute atomic E-state index is 0.0204. The molecule has 0 radical (unpaired) electrons. The molecule has 52 heavy (non-hydrogen) atoms. The number of rotatable bonds is 12. The molecule has 0 atom stereocenters. The number of piperidine rings is 1. The molecule has 4 aromatic carbocycles. The van der Waals surface area contributed by atoms with Crippen LogP contribution in [0.1, 0.15) is 46.0 Å². The van der Waals surface area contributed by atoms with Crippen molar-refractivity contribution < 1.29 is 47.9 Å². The van der Waals surface area contributed by atoms with Crippen molar-refractivity contribution in [1.29, 1.82) is 0 Å². The van der Waals surface area contributed by atoms with Gasteiger partial charge >= 0.3 is 6.18 Å². The van der Waals surface area contributed by atoms with E-state index in [9.17, 15) is 31.5 Å². The number of thioether (sulfide) groups is 1. The molecule has 1 aromatic heterocycles. The van der Waals surface area contributed by atoms with Gasteiger partial charge in [-0.05, 0) is 59.8 Å². The predicted octanol–water partition coefficient (Wildman–Crippen LogP) is 8.40. The summed E-state index contributed by atoms with van der Waals surface area (Å²) >= 11 is 0.654. The molecule has 1 amide bonds. The van der Waals surface area contributed by atoms with Gasteiger partial charge in [-0.15, -0.1) is 11.8 Å². The topological polar surface area (TPSA) is 54.8 Å². The van der Waals surface area contributed by atoms with Crippen molar-refractivity contribution in [2.45, 2.75) is 48.9 Å². The van der Waals surface area contributed by atoms with E-state index in [1.807, 2.05) is 0 Å². The summed E-state index contributed by atoms with van der Waals surface area (Å²) < 4.78 is 172. The number of amides is 1. The zero-order chi connectivity index (χ0) is 47.3. The summed E-state index contributed by atoms with van der Waals surface area (Å²) in [6.45, 7) is -7.66. The quantitative estimate of drug-likeness (QED) is 0.0949. The fourth-order valence-electron chi connectivity index (χ4n) is 5.95. The van der Waals surface area contributed by atoms with Gasteiger partial charge in [0.15, 0.2) is 17.1 Å². The number of para-hydroxylation sites is 1. The third-order valence-electron chi connectivity index (χ3n) is 8.65. The Hall–Kier alpha value is -4.52. The van der Waals surface area contributed by atoms with Gasteiger partial charge in [0.25, 0.3) is 0 Å². The first kappa shape index (κ1) is 24.7. The molecule has 272 valence electrons. The molecule has 1 aliphatic rings.